The van der Waals surface area contributed by atoms with Gasteiger partial charge in [-0.3, -0.25) is 0 Å². The highest BCUT2D eigenvalue weighted by Gasteiger charge is 2.24. The van der Waals surface area contributed by atoms with E-state index in [-0.39, 0.29) is 6.10 Å². The largest absolute Gasteiger partial charge is 0.379 e. The summed E-state index contributed by atoms with van der Waals surface area (Å²) in [6.07, 6.45) is 3.66. The predicted molar refractivity (Wildman–Crippen MR) is 52.9 cm³/mol. The summed E-state index contributed by atoms with van der Waals surface area (Å²) in [5.41, 5.74) is 0. The highest BCUT2D eigenvalue weighted by Crippen LogP contribution is 2.11. The SMILES string of the molecule is CCCCOC1COCCC1NC. The van der Waals surface area contributed by atoms with E-state index in [9.17, 15) is 0 Å². The van der Waals surface area contributed by atoms with E-state index in [4.69, 9.17) is 9.47 Å². The van der Waals surface area contributed by atoms with Gasteiger partial charge in [0.1, 0.15) is 0 Å². The molecule has 2 unspecified atom stereocenters. The van der Waals surface area contributed by atoms with Crippen molar-refractivity contribution in [3.63, 3.8) is 0 Å². The van der Waals surface area contributed by atoms with Crippen LogP contribution in [-0.2, 0) is 9.47 Å². The summed E-state index contributed by atoms with van der Waals surface area (Å²) < 4.78 is 11.1. The summed E-state index contributed by atoms with van der Waals surface area (Å²) >= 11 is 0. The average molecular weight is 187 g/mol. The van der Waals surface area contributed by atoms with Gasteiger partial charge in [0.2, 0.25) is 0 Å². The van der Waals surface area contributed by atoms with E-state index in [0.717, 1.165) is 32.7 Å². The van der Waals surface area contributed by atoms with E-state index >= 15 is 0 Å². The average Bonchev–Trinajstić information content (AvgIpc) is 2.19. The van der Waals surface area contributed by atoms with Crippen LogP contribution in [0.15, 0.2) is 0 Å². The van der Waals surface area contributed by atoms with Gasteiger partial charge in [0.15, 0.2) is 0 Å². The molecule has 1 heterocycles. The van der Waals surface area contributed by atoms with Crippen LogP contribution in [0.3, 0.4) is 0 Å². The third-order valence-electron chi connectivity index (χ3n) is 2.50. The molecule has 13 heavy (non-hydrogen) atoms. The molecule has 3 heteroatoms. The molecule has 0 aromatic carbocycles. The van der Waals surface area contributed by atoms with Gasteiger partial charge in [0.25, 0.3) is 0 Å². The number of hydrogen-bond acceptors (Lipinski definition) is 3. The van der Waals surface area contributed by atoms with E-state index < -0.39 is 0 Å². The minimum atomic E-state index is 0.255. The van der Waals surface area contributed by atoms with Crippen molar-refractivity contribution < 1.29 is 9.47 Å². The lowest BCUT2D eigenvalue weighted by Crippen LogP contribution is -2.46. The summed E-state index contributed by atoms with van der Waals surface area (Å²) in [5.74, 6) is 0. The summed E-state index contributed by atoms with van der Waals surface area (Å²) in [5, 5.41) is 3.28. The first kappa shape index (κ1) is 11.0. The van der Waals surface area contributed by atoms with Gasteiger partial charge >= 0.3 is 0 Å². The van der Waals surface area contributed by atoms with Crippen LogP contribution in [0.5, 0.6) is 0 Å². The quantitative estimate of drug-likeness (QED) is 0.656. The van der Waals surface area contributed by atoms with Crippen molar-refractivity contribution in [3.05, 3.63) is 0 Å². The number of nitrogens with one attached hydrogen (secondary N) is 1. The lowest BCUT2D eigenvalue weighted by Gasteiger charge is -2.31. The number of ether oxygens (including phenoxy) is 2. The van der Waals surface area contributed by atoms with Crippen LogP contribution < -0.4 is 5.32 Å². The molecule has 1 aliphatic rings. The van der Waals surface area contributed by atoms with Crippen molar-refractivity contribution in [3.8, 4) is 0 Å². The van der Waals surface area contributed by atoms with E-state index in [1.807, 2.05) is 7.05 Å². The van der Waals surface area contributed by atoms with Crippen LogP contribution >= 0.6 is 0 Å². The van der Waals surface area contributed by atoms with Crippen LogP contribution in [0.1, 0.15) is 26.2 Å². The fraction of sp³-hybridized carbons (Fsp3) is 1.00. The molecule has 0 radical (unpaired) electrons. The van der Waals surface area contributed by atoms with Crippen molar-refractivity contribution in [2.45, 2.75) is 38.3 Å². The second-order valence-electron chi connectivity index (χ2n) is 3.52. The summed E-state index contributed by atoms with van der Waals surface area (Å²) in [4.78, 5) is 0. The predicted octanol–water partition coefficient (Wildman–Crippen LogP) is 1.18. The number of unbranched alkanes of at least 4 members (excludes halogenated alkanes) is 1. The monoisotopic (exact) mass is 187 g/mol. The molecule has 1 saturated heterocycles. The molecule has 1 rings (SSSR count). The van der Waals surface area contributed by atoms with Gasteiger partial charge in [-0.2, -0.15) is 0 Å². The Balaban J connectivity index is 2.19. The highest BCUT2D eigenvalue weighted by atomic mass is 16.5. The van der Waals surface area contributed by atoms with Gasteiger partial charge in [-0.1, -0.05) is 13.3 Å². The first-order valence-electron chi connectivity index (χ1n) is 5.25. The third kappa shape index (κ3) is 3.63. The van der Waals surface area contributed by atoms with Crippen LogP contribution in [0.25, 0.3) is 0 Å². The highest BCUT2D eigenvalue weighted by molar-refractivity contribution is 4.78. The molecule has 0 bridgehead atoms. The van der Waals surface area contributed by atoms with E-state index in [0.29, 0.717) is 6.04 Å². The topological polar surface area (TPSA) is 30.5 Å². The maximum Gasteiger partial charge on any atom is 0.0961 e. The molecule has 0 aliphatic carbocycles. The van der Waals surface area contributed by atoms with Crippen molar-refractivity contribution in [2.75, 3.05) is 26.9 Å². The van der Waals surface area contributed by atoms with Crippen molar-refractivity contribution >= 4 is 0 Å². The zero-order valence-corrected chi connectivity index (χ0v) is 8.71. The van der Waals surface area contributed by atoms with Crippen molar-refractivity contribution in [2.24, 2.45) is 0 Å². The molecule has 0 aromatic rings. The second kappa shape index (κ2) is 6.35. The Hall–Kier alpha value is -0.120. The summed E-state index contributed by atoms with van der Waals surface area (Å²) in [6.45, 7) is 4.65. The van der Waals surface area contributed by atoms with E-state index in [1.54, 1.807) is 0 Å². The van der Waals surface area contributed by atoms with Gasteiger partial charge in [0, 0.05) is 19.3 Å². The Morgan fingerprint density at radius 2 is 2.38 bits per heavy atom. The van der Waals surface area contributed by atoms with Crippen LogP contribution in [0.2, 0.25) is 0 Å². The zero-order chi connectivity index (χ0) is 9.52. The minimum Gasteiger partial charge on any atom is -0.379 e. The summed E-state index contributed by atoms with van der Waals surface area (Å²) in [6, 6.07) is 0.477. The lowest BCUT2D eigenvalue weighted by molar-refractivity contribution is -0.0679. The molecule has 1 aliphatic heterocycles. The van der Waals surface area contributed by atoms with Gasteiger partial charge < -0.3 is 14.8 Å². The lowest BCUT2D eigenvalue weighted by atomic mass is 10.1. The maximum absolute atomic E-state index is 5.74. The van der Waals surface area contributed by atoms with E-state index in [1.165, 1.54) is 6.42 Å². The Labute approximate surface area is 80.8 Å². The number of likely N-dealkylation sites (N-methyl/N-ethyl adjacent to an activating group) is 1. The van der Waals surface area contributed by atoms with Crippen LogP contribution in [0, 0.1) is 0 Å². The molecule has 0 amide bonds. The first-order chi connectivity index (χ1) is 6.38. The minimum absolute atomic E-state index is 0.255. The maximum atomic E-state index is 5.74. The fourth-order valence-corrected chi connectivity index (χ4v) is 1.59. The molecular weight excluding hydrogens is 166 g/mol. The Morgan fingerprint density at radius 3 is 3.08 bits per heavy atom. The molecule has 2 atom stereocenters. The number of hydrogen-bond donors (Lipinski definition) is 1. The molecular formula is C10H21NO2. The molecule has 0 saturated carbocycles. The van der Waals surface area contributed by atoms with Crippen molar-refractivity contribution in [1.29, 1.82) is 0 Å². The van der Waals surface area contributed by atoms with Gasteiger partial charge in [-0.25, -0.2) is 0 Å². The van der Waals surface area contributed by atoms with Gasteiger partial charge in [0.05, 0.1) is 12.7 Å². The smallest absolute Gasteiger partial charge is 0.0961 e. The van der Waals surface area contributed by atoms with E-state index in [2.05, 4.69) is 12.2 Å². The van der Waals surface area contributed by atoms with Crippen molar-refractivity contribution in [1.82, 2.24) is 5.32 Å². The fourth-order valence-electron chi connectivity index (χ4n) is 1.59. The Kier molecular flexibility index (Phi) is 5.35. The molecule has 1 fully saturated rings. The zero-order valence-electron chi connectivity index (χ0n) is 8.71. The third-order valence-corrected chi connectivity index (χ3v) is 2.50. The molecule has 3 nitrogen and oxygen atoms in total. The Morgan fingerprint density at radius 1 is 1.54 bits per heavy atom. The molecule has 1 N–H and O–H groups in total. The molecule has 0 aromatic heterocycles. The summed E-state index contributed by atoms with van der Waals surface area (Å²) in [7, 11) is 1.99. The molecule has 78 valence electrons. The standard InChI is InChI=1S/C10H21NO2/c1-3-4-6-13-10-8-12-7-5-9(10)11-2/h9-11H,3-8H2,1-2H3. The Bertz CT molecular complexity index is 130. The van der Waals surface area contributed by atoms with Gasteiger partial charge in [-0.15, -0.1) is 0 Å². The van der Waals surface area contributed by atoms with Gasteiger partial charge in [-0.05, 0) is 19.9 Å². The number of rotatable bonds is 5. The normalized spacial score (nSPS) is 29.1. The second-order valence-corrected chi connectivity index (χ2v) is 3.52. The van der Waals surface area contributed by atoms with Crippen LogP contribution in [-0.4, -0.2) is 39.0 Å². The first-order valence-corrected chi connectivity index (χ1v) is 5.25. The van der Waals surface area contributed by atoms with Crippen LogP contribution in [0.4, 0.5) is 0 Å². The molecule has 0 spiro atoms.